The molecule has 4 N–H and O–H groups in total. The Balaban J connectivity index is 2.03. The lowest BCUT2D eigenvalue weighted by Gasteiger charge is -2.26. The van der Waals surface area contributed by atoms with Crippen molar-refractivity contribution in [2.24, 2.45) is 0 Å². The van der Waals surface area contributed by atoms with E-state index in [1.807, 2.05) is 0 Å². The molecule has 13 nitrogen and oxygen atoms in total. The molecule has 0 aromatic carbocycles. The van der Waals surface area contributed by atoms with Crippen LogP contribution in [0.2, 0.25) is 0 Å². The second kappa shape index (κ2) is 12.9. The van der Waals surface area contributed by atoms with Crippen LogP contribution in [0.15, 0.2) is 12.7 Å². The fourth-order valence-electron chi connectivity index (χ4n) is 3.08. The average Bonchev–Trinajstić information content (AvgIpc) is 3.15. The maximum atomic E-state index is 13.6. The van der Waals surface area contributed by atoms with Crippen LogP contribution in [0.1, 0.15) is 48.0 Å². The third-order valence-corrected chi connectivity index (χ3v) is 6.65. The van der Waals surface area contributed by atoms with Crippen LogP contribution in [-0.2, 0) is 34.9 Å². The van der Waals surface area contributed by atoms with Crippen molar-refractivity contribution in [2.45, 2.75) is 78.9 Å². The number of hydrogen-bond acceptors (Lipinski definition) is 10. The molecule has 0 amide bonds. The van der Waals surface area contributed by atoms with E-state index >= 15 is 0 Å². The average molecular weight is 514 g/mol. The maximum absolute atomic E-state index is 13.6. The number of nitrogens with zero attached hydrogens (tertiary/aromatic N) is 4. The van der Waals surface area contributed by atoms with Gasteiger partial charge < -0.3 is 24.5 Å². The first kappa shape index (κ1) is 28.6. The van der Waals surface area contributed by atoms with Crippen molar-refractivity contribution in [1.82, 2.24) is 29.7 Å². The van der Waals surface area contributed by atoms with Gasteiger partial charge in [0.25, 0.3) is 0 Å². The Kier molecular flexibility index (Phi) is 10.6. The van der Waals surface area contributed by atoms with Crippen molar-refractivity contribution in [3.8, 4) is 0 Å². The summed E-state index contributed by atoms with van der Waals surface area (Å²) < 4.78 is 31.5. The van der Waals surface area contributed by atoms with Crippen molar-refractivity contribution in [1.29, 1.82) is 0 Å². The van der Waals surface area contributed by atoms with Crippen LogP contribution in [0.5, 0.6) is 0 Å². The molecular weight excluding hydrogens is 477 g/mol. The van der Waals surface area contributed by atoms with Gasteiger partial charge in [-0.25, -0.2) is 20.0 Å². The zero-order valence-electron chi connectivity index (χ0n) is 21.1. The molecule has 2 heterocycles. The number of carbonyl (C=O) groups is 2. The van der Waals surface area contributed by atoms with Gasteiger partial charge in [-0.15, -0.1) is 0 Å². The van der Waals surface area contributed by atoms with Crippen LogP contribution in [0.4, 0.5) is 5.82 Å². The first-order valence-corrected chi connectivity index (χ1v) is 13.3. The molecule has 196 valence electrons. The number of nitrogens with one attached hydrogen (secondary N) is 2. The lowest BCUT2D eigenvalue weighted by Crippen LogP contribution is -2.39. The number of anilines is 1. The number of ether oxygens (including phenoxy) is 3. The normalized spacial score (nSPS) is 15.2. The zero-order valence-corrected chi connectivity index (χ0v) is 21.9. The standard InChI is InChI=1S/C21H36N7O6P/c1-13(2)33-17(29)7-8-26-35(31,27-16(6)21(30)34-14(3)4)12-32-15(5)9-28-11-25-18-19(22)23-10-24-20(18)28/h10-11,13-16H,7-9,12H2,1-6H3,(H2,22,23,24)(H2,26,27,31)/t15-,16+,35?/m1/s1. The van der Waals surface area contributed by atoms with Crippen LogP contribution in [0, 0.1) is 0 Å². The Morgan fingerprint density at radius 3 is 2.43 bits per heavy atom. The minimum Gasteiger partial charge on any atom is -0.463 e. The molecule has 0 saturated carbocycles. The van der Waals surface area contributed by atoms with Gasteiger partial charge >= 0.3 is 11.9 Å². The van der Waals surface area contributed by atoms with Crippen LogP contribution < -0.4 is 15.9 Å². The summed E-state index contributed by atoms with van der Waals surface area (Å²) in [6, 6.07) is -0.866. The van der Waals surface area contributed by atoms with Crippen LogP contribution in [0.25, 0.3) is 11.2 Å². The van der Waals surface area contributed by atoms with Gasteiger partial charge in [0, 0.05) is 6.54 Å². The molecule has 2 rings (SSSR count). The molecule has 2 aromatic rings. The van der Waals surface area contributed by atoms with E-state index in [1.54, 1.807) is 52.4 Å². The first-order valence-electron chi connectivity index (χ1n) is 11.4. The van der Waals surface area contributed by atoms with Gasteiger partial charge in [-0.2, -0.15) is 0 Å². The molecule has 0 radical (unpaired) electrons. The highest BCUT2D eigenvalue weighted by molar-refractivity contribution is 7.59. The number of rotatable bonds is 14. The number of esters is 2. The second-order valence-electron chi connectivity index (χ2n) is 8.71. The summed E-state index contributed by atoms with van der Waals surface area (Å²) in [4.78, 5) is 36.5. The van der Waals surface area contributed by atoms with E-state index in [-0.39, 0.29) is 37.3 Å². The van der Waals surface area contributed by atoms with E-state index in [0.717, 1.165) is 0 Å². The Bertz CT molecular complexity index is 1040. The molecule has 2 aromatic heterocycles. The predicted octanol–water partition coefficient (Wildman–Crippen LogP) is 1.83. The Morgan fingerprint density at radius 2 is 1.77 bits per heavy atom. The number of carbonyl (C=O) groups excluding carboxylic acids is 2. The highest BCUT2D eigenvalue weighted by atomic mass is 31.2. The lowest BCUT2D eigenvalue weighted by molar-refractivity contribution is -0.149. The van der Waals surface area contributed by atoms with E-state index in [4.69, 9.17) is 19.9 Å². The molecular formula is C21H36N7O6P. The fraction of sp³-hybridized carbons (Fsp3) is 0.667. The summed E-state index contributed by atoms with van der Waals surface area (Å²) in [6.45, 7) is 10.7. The third kappa shape index (κ3) is 9.17. The van der Waals surface area contributed by atoms with Crippen molar-refractivity contribution in [3.63, 3.8) is 0 Å². The molecule has 0 aliphatic heterocycles. The summed E-state index contributed by atoms with van der Waals surface area (Å²) in [6.07, 6.45) is 1.74. The predicted molar refractivity (Wildman–Crippen MR) is 130 cm³/mol. The highest BCUT2D eigenvalue weighted by Gasteiger charge is 2.29. The van der Waals surface area contributed by atoms with E-state index in [2.05, 4.69) is 25.1 Å². The minimum atomic E-state index is -3.46. The first-order chi connectivity index (χ1) is 16.4. The zero-order chi connectivity index (χ0) is 26.2. The molecule has 0 spiro atoms. The summed E-state index contributed by atoms with van der Waals surface area (Å²) in [5.74, 6) is -0.691. The third-order valence-electron chi connectivity index (χ3n) is 4.60. The van der Waals surface area contributed by atoms with Crippen molar-refractivity contribution >= 4 is 36.4 Å². The molecule has 0 aliphatic carbocycles. The molecule has 0 fully saturated rings. The molecule has 14 heteroatoms. The van der Waals surface area contributed by atoms with Gasteiger partial charge in [-0.1, -0.05) is 0 Å². The summed E-state index contributed by atoms with van der Waals surface area (Å²) >= 11 is 0. The van der Waals surface area contributed by atoms with Gasteiger partial charge in [0.1, 0.15) is 24.2 Å². The molecule has 35 heavy (non-hydrogen) atoms. The van der Waals surface area contributed by atoms with Gasteiger partial charge in [0.05, 0.1) is 37.6 Å². The largest absolute Gasteiger partial charge is 0.463 e. The van der Waals surface area contributed by atoms with Crippen molar-refractivity contribution in [3.05, 3.63) is 12.7 Å². The maximum Gasteiger partial charge on any atom is 0.323 e. The molecule has 3 atom stereocenters. The summed E-state index contributed by atoms with van der Waals surface area (Å²) in [7, 11) is -3.46. The fourth-order valence-corrected chi connectivity index (χ4v) is 5.01. The number of nitrogen functional groups attached to an aromatic ring is 1. The molecule has 0 saturated heterocycles. The van der Waals surface area contributed by atoms with Crippen LogP contribution >= 0.6 is 7.44 Å². The quantitative estimate of drug-likeness (QED) is 0.247. The number of imidazole rings is 1. The van der Waals surface area contributed by atoms with Crippen molar-refractivity contribution in [2.75, 3.05) is 18.6 Å². The van der Waals surface area contributed by atoms with Crippen molar-refractivity contribution < 1.29 is 28.4 Å². The summed E-state index contributed by atoms with van der Waals surface area (Å²) in [5, 5.41) is 5.65. The van der Waals surface area contributed by atoms with Gasteiger partial charge in [-0.3, -0.25) is 19.2 Å². The molecule has 0 bridgehead atoms. The lowest BCUT2D eigenvalue weighted by atomic mass is 10.4. The smallest absolute Gasteiger partial charge is 0.323 e. The van der Waals surface area contributed by atoms with Gasteiger partial charge in [0.15, 0.2) is 11.5 Å². The molecule has 0 aliphatic rings. The van der Waals surface area contributed by atoms with Crippen LogP contribution in [-0.4, -0.2) is 68.7 Å². The van der Waals surface area contributed by atoms with Crippen LogP contribution in [0.3, 0.4) is 0 Å². The highest BCUT2D eigenvalue weighted by Crippen LogP contribution is 2.37. The SMILES string of the molecule is CC(C)OC(=O)CCNP(=O)(CO[C@H](C)Cn1cnc2c(N)ncnc21)N[C@@H](C)C(=O)OC(C)C. The van der Waals surface area contributed by atoms with E-state index in [1.165, 1.54) is 6.33 Å². The monoisotopic (exact) mass is 513 g/mol. The topological polar surface area (TPSA) is 173 Å². The Morgan fingerprint density at radius 1 is 1.09 bits per heavy atom. The van der Waals surface area contributed by atoms with E-state index in [0.29, 0.717) is 17.7 Å². The van der Waals surface area contributed by atoms with E-state index < -0.39 is 31.5 Å². The molecule has 1 unspecified atom stereocenters. The van der Waals surface area contributed by atoms with Gasteiger partial charge in [-0.05, 0) is 41.5 Å². The minimum absolute atomic E-state index is 0.00633. The number of nitrogens with two attached hydrogens (primary N) is 1. The second-order valence-corrected chi connectivity index (χ2v) is 11.0. The van der Waals surface area contributed by atoms with Gasteiger partial charge in [0.2, 0.25) is 7.44 Å². The summed E-state index contributed by atoms with van der Waals surface area (Å²) in [5.41, 5.74) is 6.87. The number of hydrogen-bond donors (Lipinski definition) is 3. The Labute approximate surface area is 205 Å². The number of fused-ring (bicyclic) bond motifs is 1. The van der Waals surface area contributed by atoms with E-state index in [9.17, 15) is 14.2 Å². The Hall–Kier alpha value is -2.60. The number of aromatic nitrogens is 4.